The van der Waals surface area contributed by atoms with Crippen LogP contribution >= 0.6 is 0 Å². The zero-order chi connectivity index (χ0) is 21.9. The van der Waals surface area contributed by atoms with E-state index in [1.807, 2.05) is 0 Å². The fourth-order valence-corrected chi connectivity index (χ4v) is 4.87. The number of fused-ring (bicyclic) bond motifs is 1. The van der Waals surface area contributed by atoms with E-state index in [9.17, 15) is 0 Å². The monoisotopic (exact) mass is 430 g/mol. The van der Waals surface area contributed by atoms with Gasteiger partial charge in [-0.05, 0) is 73.9 Å². The fourth-order valence-electron chi connectivity index (χ4n) is 4.87. The Balaban J connectivity index is 1.41. The summed E-state index contributed by atoms with van der Waals surface area (Å²) in [5, 5.41) is 4.72. The number of methoxy groups -OCH3 is 1. The van der Waals surface area contributed by atoms with Gasteiger partial charge >= 0.3 is 0 Å². The third-order valence-electron chi connectivity index (χ3n) is 6.83. The summed E-state index contributed by atoms with van der Waals surface area (Å²) >= 11 is 0. The summed E-state index contributed by atoms with van der Waals surface area (Å²) in [6.07, 6.45) is 5.82. The molecule has 5 heteroatoms. The van der Waals surface area contributed by atoms with Gasteiger partial charge in [-0.2, -0.15) is 0 Å². The highest BCUT2D eigenvalue weighted by molar-refractivity contribution is 5.90. The average Bonchev–Trinajstić information content (AvgIpc) is 3.69. The second-order valence-corrected chi connectivity index (χ2v) is 9.21. The minimum Gasteiger partial charge on any atom is -0.496 e. The van der Waals surface area contributed by atoms with Crippen LogP contribution in [-0.2, 0) is 6.54 Å². The van der Waals surface area contributed by atoms with Crippen molar-refractivity contribution in [3.63, 3.8) is 0 Å². The van der Waals surface area contributed by atoms with Gasteiger partial charge in [-0.1, -0.05) is 31.2 Å². The molecule has 0 spiro atoms. The van der Waals surface area contributed by atoms with E-state index in [2.05, 4.69) is 59.6 Å². The lowest BCUT2D eigenvalue weighted by Crippen LogP contribution is -2.34. The van der Waals surface area contributed by atoms with Crippen LogP contribution in [0.1, 0.15) is 67.8 Å². The summed E-state index contributed by atoms with van der Waals surface area (Å²) in [7, 11) is 1.77. The lowest BCUT2D eigenvalue weighted by molar-refractivity contribution is 0.397. The molecule has 1 aromatic heterocycles. The van der Waals surface area contributed by atoms with Crippen molar-refractivity contribution in [1.29, 1.82) is 0 Å². The molecule has 168 valence electrons. The van der Waals surface area contributed by atoms with Crippen LogP contribution in [0.5, 0.6) is 5.75 Å². The molecule has 1 aliphatic heterocycles. The number of hydrogen-bond donors (Lipinski definition) is 1. The summed E-state index contributed by atoms with van der Waals surface area (Å²) in [5.41, 5.74) is 3.73. The maximum Gasteiger partial charge on any atom is 0.140 e. The zero-order valence-corrected chi connectivity index (χ0v) is 19.3. The molecule has 2 heterocycles. The van der Waals surface area contributed by atoms with Crippen LogP contribution in [0.3, 0.4) is 0 Å². The van der Waals surface area contributed by atoms with Crippen LogP contribution in [0.25, 0.3) is 10.9 Å². The molecule has 0 unspecified atom stereocenters. The number of anilines is 1. The van der Waals surface area contributed by atoms with Crippen molar-refractivity contribution in [2.45, 2.75) is 57.4 Å². The molecule has 1 saturated heterocycles. The number of nitrogens with zero attached hydrogens (tertiary/aromatic N) is 3. The quantitative estimate of drug-likeness (QED) is 0.485. The number of para-hydroxylation sites is 1. The summed E-state index contributed by atoms with van der Waals surface area (Å²) in [5.74, 6) is 4.27. The van der Waals surface area contributed by atoms with Gasteiger partial charge in [0.1, 0.15) is 17.4 Å². The van der Waals surface area contributed by atoms with Crippen molar-refractivity contribution in [2.75, 3.05) is 31.6 Å². The number of benzene rings is 2. The second-order valence-electron chi connectivity index (χ2n) is 9.21. The molecule has 2 aromatic carbocycles. The van der Waals surface area contributed by atoms with Gasteiger partial charge < -0.3 is 15.0 Å². The van der Waals surface area contributed by atoms with Gasteiger partial charge in [0.15, 0.2) is 0 Å². The Morgan fingerprint density at radius 3 is 2.56 bits per heavy atom. The molecule has 0 radical (unpaired) electrons. The molecule has 3 aromatic rings. The predicted octanol–water partition coefficient (Wildman–Crippen LogP) is 5.40. The molecule has 0 atom stereocenters. The second kappa shape index (κ2) is 9.45. The van der Waals surface area contributed by atoms with Crippen LogP contribution in [-0.4, -0.2) is 36.7 Å². The maximum atomic E-state index is 5.63. The maximum absolute atomic E-state index is 5.63. The molecule has 1 N–H and O–H groups in total. The summed E-state index contributed by atoms with van der Waals surface area (Å²) in [6.45, 7) is 6.16. The van der Waals surface area contributed by atoms with Gasteiger partial charge in [-0.25, -0.2) is 9.97 Å². The molecule has 5 rings (SSSR count). The van der Waals surface area contributed by atoms with Crippen LogP contribution in [0, 0.1) is 0 Å². The molecular weight excluding hydrogens is 396 g/mol. The molecule has 5 nitrogen and oxygen atoms in total. The molecule has 32 heavy (non-hydrogen) atoms. The van der Waals surface area contributed by atoms with Crippen molar-refractivity contribution < 1.29 is 4.74 Å². The average molecular weight is 431 g/mol. The molecule has 2 aliphatic rings. The van der Waals surface area contributed by atoms with Gasteiger partial charge in [-0.3, -0.25) is 0 Å². The minimum atomic E-state index is 0.534. The standard InChI is InChI=1S/C27H34N4O/c1-3-14-28-18-19-8-11-24-23(17-19)27(30-26(29-24)21-9-10-21)31-15-12-20(13-16-31)22-6-4-5-7-25(22)32-2/h4-8,11,17,20-21,28H,3,9-10,12-16,18H2,1-2H3. The first-order chi connectivity index (χ1) is 15.8. The van der Waals surface area contributed by atoms with E-state index in [1.165, 1.54) is 29.4 Å². The topological polar surface area (TPSA) is 50.3 Å². The largest absolute Gasteiger partial charge is 0.496 e. The number of nitrogens with one attached hydrogen (secondary N) is 1. The lowest BCUT2D eigenvalue weighted by Gasteiger charge is -2.34. The molecular formula is C27H34N4O. The number of ether oxygens (including phenoxy) is 1. The van der Waals surface area contributed by atoms with Crippen molar-refractivity contribution in [2.24, 2.45) is 0 Å². The summed E-state index contributed by atoms with van der Waals surface area (Å²) in [4.78, 5) is 12.6. The third kappa shape index (κ3) is 4.44. The minimum absolute atomic E-state index is 0.534. The van der Waals surface area contributed by atoms with E-state index < -0.39 is 0 Å². The van der Waals surface area contributed by atoms with Gasteiger partial charge in [0.05, 0.1) is 12.6 Å². The SMILES string of the molecule is CCCNCc1ccc2nc(C3CC3)nc(N3CCC(c4ccccc4OC)CC3)c2c1. The molecule has 0 amide bonds. The Hall–Kier alpha value is -2.66. The number of aromatic nitrogens is 2. The highest BCUT2D eigenvalue weighted by Crippen LogP contribution is 2.41. The smallest absolute Gasteiger partial charge is 0.140 e. The summed E-state index contributed by atoms with van der Waals surface area (Å²) < 4.78 is 5.63. The van der Waals surface area contributed by atoms with E-state index >= 15 is 0 Å². The van der Waals surface area contributed by atoms with Crippen molar-refractivity contribution in [3.05, 3.63) is 59.4 Å². The predicted molar refractivity (Wildman–Crippen MR) is 131 cm³/mol. The van der Waals surface area contributed by atoms with Crippen LogP contribution in [0.15, 0.2) is 42.5 Å². The Morgan fingerprint density at radius 2 is 1.81 bits per heavy atom. The Bertz CT molecular complexity index is 1070. The van der Waals surface area contributed by atoms with E-state index in [1.54, 1.807) is 7.11 Å². The highest BCUT2D eigenvalue weighted by atomic mass is 16.5. The van der Waals surface area contributed by atoms with E-state index in [4.69, 9.17) is 14.7 Å². The van der Waals surface area contributed by atoms with Crippen molar-refractivity contribution in [1.82, 2.24) is 15.3 Å². The fraction of sp³-hybridized carbons (Fsp3) is 0.481. The number of rotatable bonds is 8. The van der Waals surface area contributed by atoms with Crippen molar-refractivity contribution >= 4 is 16.7 Å². The first-order valence-electron chi connectivity index (χ1n) is 12.2. The zero-order valence-electron chi connectivity index (χ0n) is 19.3. The van der Waals surface area contributed by atoms with Gasteiger partial charge in [0.2, 0.25) is 0 Å². The molecule has 1 aliphatic carbocycles. The van der Waals surface area contributed by atoms with Crippen LogP contribution < -0.4 is 15.0 Å². The van der Waals surface area contributed by atoms with Gasteiger partial charge in [0, 0.05) is 30.9 Å². The van der Waals surface area contributed by atoms with Gasteiger partial charge in [-0.15, -0.1) is 0 Å². The normalized spacial score (nSPS) is 17.1. The Morgan fingerprint density at radius 1 is 1.00 bits per heavy atom. The summed E-state index contributed by atoms with van der Waals surface area (Å²) in [6, 6.07) is 15.2. The first kappa shape index (κ1) is 21.2. The molecule has 0 bridgehead atoms. The first-order valence-corrected chi connectivity index (χ1v) is 12.2. The molecule has 1 saturated carbocycles. The Kier molecular flexibility index (Phi) is 6.26. The molecule has 2 fully saturated rings. The van der Waals surface area contributed by atoms with E-state index in [0.29, 0.717) is 11.8 Å². The van der Waals surface area contributed by atoms with Crippen LogP contribution in [0.4, 0.5) is 5.82 Å². The van der Waals surface area contributed by atoms with E-state index in [-0.39, 0.29) is 0 Å². The van der Waals surface area contributed by atoms with E-state index in [0.717, 1.165) is 68.3 Å². The number of hydrogen-bond acceptors (Lipinski definition) is 5. The van der Waals surface area contributed by atoms with Crippen molar-refractivity contribution in [3.8, 4) is 5.75 Å². The third-order valence-corrected chi connectivity index (χ3v) is 6.83. The van der Waals surface area contributed by atoms with Crippen LogP contribution in [0.2, 0.25) is 0 Å². The number of piperidine rings is 1. The highest BCUT2D eigenvalue weighted by Gasteiger charge is 2.30. The van der Waals surface area contributed by atoms with Gasteiger partial charge in [0.25, 0.3) is 0 Å². The lowest BCUT2D eigenvalue weighted by atomic mass is 9.88. The Labute approximate surface area is 191 Å².